The fourth-order valence-corrected chi connectivity index (χ4v) is 2.02. The molecule has 0 aromatic heterocycles. The van der Waals surface area contributed by atoms with Gasteiger partial charge >= 0.3 is 6.03 Å². The Morgan fingerprint density at radius 2 is 1.90 bits per heavy atom. The Balaban J connectivity index is 2.41. The molecule has 1 rings (SSSR count). The molecule has 0 aliphatic rings. The molecule has 5 nitrogen and oxygen atoms in total. The maximum absolute atomic E-state index is 11.8. The quantitative estimate of drug-likeness (QED) is 0.837. The molecule has 0 spiro atoms. The van der Waals surface area contributed by atoms with E-state index < -0.39 is 0 Å². The second-order valence-electron chi connectivity index (χ2n) is 4.59. The number of benzene rings is 1. The second kappa shape index (κ2) is 8.18. The van der Waals surface area contributed by atoms with Crippen molar-refractivity contribution in [2.75, 3.05) is 25.0 Å². The molecule has 2 N–H and O–H groups in total. The number of nitriles is 1. The first-order valence-electron chi connectivity index (χ1n) is 6.89. The number of amides is 2. The van der Waals surface area contributed by atoms with Crippen LogP contribution in [-0.2, 0) is 0 Å². The standard InChI is InChI=1S/C15H22N4O/c1-4-19(5-2)12(3)11-17-15(20)18-14-8-6-13(10-16)7-9-14/h6-9,12H,4-5,11H2,1-3H3,(H2,17,18,20)/t12-/m0/s1. The highest BCUT2D eigenvalue weighted by Crippen LogP contribution is 2.08. The summed E-state index contributed by atoms with van der Waals surface area (Å²) < 4.78 is 0. The highest BCUT2D eigenvalue weighted by Gasteiger charge is 2.11. The lowest BCUT2D eigenvalue weighted by atomic mass is 10.2. The molecule has 0 unspecified atom stereocenters. The summed E-state index contributed by atoms with van der Waals surface area (Å²) in [6, 6.07) is 8.89. The molecule has 0 aliphatic carbocycles. The molecule has 0 bridgehead atoms. The summed E-state index contributed by atoms with van der Waals surface area (Å²) >= 11 is 0. The zero-order valence-corrected chi connectivity index (χ0v) is 12.3. The van der Waals surface area contributed by atoms with E-state index in [1.165, 1.54) is 0 Å². The van der Waals surface area contributed by atoms with Crippen LogP contribution in [0.1, 0.15) is 26.3 Å². The number of hydrogen-bond acceptors (Lipinski definition) is 3. The van der Waals surface area contributed by atoms with E-state index in [1.54, 1.807) is 24.3 Å². The molecule has 0 aliphatic heterocycles. The third-order valence-electron chi connectivity index (χ3n) is 3.27. The first-order chi connectivity index (χ1) is 9.60. The number of carbonyl (C=O) groups excluding carboxylic acids is 1. The van der Waals surface area contributed by atoms with Gasteiger partial charge in [0.05, 0.1) is 11.6 Å². The number of rotatable bonds is 6. The SMILES string of the molecule is CCN(CC)[C@@H](C)CNC(=O)Nc1ccc(C#N)cc1. The number of hydrogen-bond donors (Lipinski definition) is 2. The van der Waals surface area contributed by atoms with Crippen molar-refractivity contribution in [1.82, 2.24) is 10.2 Å². The summed E-state index contributed by atoms with van der Waals surface area (Å²) in [5.41, 5.74) is 1.25. The zero-order valence-electron chi connectivity index (χ0n) is 12.3. The van der Waals surface area contributed by atoms with E-state index in [0.29, 0.717) is 23.8 Å². The van der Waals surface area contributed by atoms with Crippen LogP contribution < -0.4 is 10.6 Å². The number of anilines is 1. The molecular formula is C15H22N4O. The number of nitrogens with zero attached hydrogens (tertiary/aromatic N) is 2. The van der Waals surface area contributed by atoms with E-state index in [0.717, 1.165) is 13.1 Å². The molecule has 0 saturated heterocycles. The molecule has 1 aromatic rings. The minimum atomic E-state index is -0.228. The van der Waals surface area contributed by atoms with Gasteiger partial charge in [-0.05, 0) is 44.3 Å². The van der Waals surface area contributed by atoms with Crippen LogP contribution in [0.15, 0.2) is 24.3 Å². The average Bonchev–Trinajstić information content (AvgIpc) is 2.47. The van der Waals surface area contributed by atoms with Gasteiger partial charge < -0.3 is 10.6 Å². The van der Waals surface area contributed by atoms with Gasteiger partial charge in [-0.1, -0.05) is 13.8 Å². The molecule has 0 radical (unpaired) electrons. The maximum atomic E-state index is 11.8. The lowest BCUT2D eigenvalue weighted by Crippen LogP contribution is -2.43. The number of nitrogens with one attached hydrogen (secondary N) is 2. The van der Waals surface area contributed by atoms with Crippen molar-refractivity contribution in [3.8, 4) is 6.07 Å². The lowest BCUT2D eigenvalue weighted by molar-refractivity contribution is 0.220. The van der Waals surface area contributed by atoms with E-state index >= 15 is 0 Å². The third-order valence-corrected chi connectivity index (χ3v) is 3.27. The normalized spacial score (nSPS) is 11.8. The molecule has 0 saturated carbocycles. The smallest absolute Gasteiger partial charge is 0.319 e. The van der Waals surface area contributed by atoms with Gasteiger partial charge in [-0.15, -0.1) is 0 Å². The fourth-order valence-electron chi connectivity index (χ4n) is 2.02. The van der Waals surface area contributed by atoms with E-state index in [2.05, 4.69) is 36.3 Å². The molecule has 0 heterocycles. The van der Waals surface area contributed by atoms with Crippen LogP contribution in [0.2, 0.25) is 0 Å². The Morgan fingerprint density at radius 3 is 2.40 bits per heavy atom. The molecule has 2 amide bonds. The van der Waals surface area contributed by atoms with Gasteiger partial charge in [-0.2, -0.15) is 5.26 Å². The van der Waals surface area contributed by atoms with Crippen LogP contribution in [0.5, 0.6) is 0 Å². The van der Waals surface area contributed by atoms with Crippen molar-refractivity contribution in [2.45, 2.75) is 26.8 Å². The van der Waals surface area contributed by atoms with Crippen LogP contribution in [0.3, 0.4) is 0 Å². The van der Waals surface area contributed by atoms with Crippen molar-refractivity contribution in [1.29, 1.82) is 5.26 Å². The van der Waals surface area contributed by atoms with Gasteiger partial charge in [-0.25, -0.2) is 4.79 Å². The van der Waals surface area contributed by atoms with Gasteiger partial charge in [0, 0.05) is 18.3 Å². The Labute approximate surface area is 120 Å². The highest BCUT2D eigenvalue weighted by molar-refractivity contribution is 5.89. The summed E-state index contributed by atoms with van der Waals surface area (Å²) in [7, 11) is 0. The summed E-state index contributed by atoms with van der Waals surface area (Å²) in [5, 5.41) is 14.3. The Morgan fingerprint density at radius 1 is 1.30 bits per heavy atom. The van der Waals surface area contributed by atoms with Crippen LogP contribution in [0, 0.1) is 11.3 Å². The molecular weight excluding hydrogens is 252 g/mol. The molecule has 5 heteroatoms. The van der Waals surface area contributed by atoms with Crippen LogP contribution in [0.4, 0.5) is 10.5 Å². The molecule has 20 heavy (non-hydrogen) atoms. The first-order valence-corrected chi connectivity index (χ1v) is 6.89. The summed E-state index contributed by atoms with van der Waals surface area (Å²) in [5.74, 6) is 0. The molecule has 1 atom stereocenters. The van der Waals surface area contributed by atoms with Gasteiger partial charge in [0.2, 0.25) is 0 Å². The lowest BCUT2D eigenvalue weighted by Gasteiger charge is -2.26. The average molecular weight is 274 g/mol. The monoisotopic (exact) mass is 274 g/mol. The van der Waals surface area contributed by atoms with E-state index in [-0.39, 0.29) is 6.03 Å². The van der Waals surface area contributed by atoms with Gasteiger partial charge in [0.15, 0.2) is 0 Å². The summed E-state index contributed by atoms with van der Waals surface area (Å²) in [6.07, 6.45) is 0. The minimum absolute atomic E-state index is 0.228. The van der Waals surface area contributed by atoms with Crippen LogP contribution in [0.25, 0.3) is 0 Å². The fraction of sp³-hybridized carbons (Fsp3) is 0.467. The van der Waals surface area contributed by atoms with E-state index in [4.69, 9.17) is 5.26 Å². The van der Waals surface area contributed by atoms with E-state index in [1.807, 2.05) is 6.07 Å². The largest absolute Gasteiger partial charge is 0.336 e. The van der Waals surface area contributed by atoms with Crippen LogP contribution >= 0.6 is 0 Å². The predicted octanol–water partition coefficient (Wildman–Crippen LogP) is 2.41. The Kier molecular flexibility index (Phi) is 6.54. The molecule has 108 valence electrons. The van der Waals surface area contributed by atoms with Gasteiger partial charge in [-0.3, -0.25) is 4.90 Å². The van der Waals surface area contributed by atoms with Gasteiger partial charge in [0.25, 0.3) is 0 Å². The van der Waals surface area contributed by atoms with Crippen molar-refractivity contribution in [3.05, 3.63) is 29.8 Å². The summed E-state index contributed by atoms with van der Waals surface area (Å²) in [4.78, 5) is 14.0. The van der Waals surface area contributed by atoms with Crippen molar-refractivity contribution in [3.63, 3.8) is 0 Å². The number of urea groups is 1. The van der Waals surface area contributed by atoms with Crippen LogP contribution in [-0.4, -0.2) is 36.6 Å². The topological polar surface area (TPSA) is 68.2 Å². The van der Waals surface area contributed by atoms with Crippen molar-refractivity contribution < 1.29 is 4.79 Å². The Bertz CT molecular complexity index is 460. The predicted molar refractivity (Wildman–Crippen MR) is 80.6 cm³/mol. The zero-order chi connectivity index (χ0) is 15.0. The summed E-state index contributed by atoms with van der Waals surface area (Å²) in [6.45, 7) is 8.85. The number of carbonyl (C=O) groups is 1. The minimum Gasteiger partial charge on any atom is -0.336 e. The van der Waals surface area contributed by atoms with Crippen molar-refractivity contribution in [2.24, 2.45) is 0 Å². The maximum Gasteiger partial charge on any atom is 0.319 e. The third kappa shape index (κ3) is 4.90. The first kappa shape index (κ1) is 16.0. The Hall–Kier alpha value is -2.06. The highest BCUT2D eigenvalue weighted by atomic mass is 16.2. The molecule has 0 fully saturated rings. The van der Waals surface area contributed by atoms with Gasteiger partial charge in [0.1, 0.15) is 0 Å². The van der Waals surface area contributed by atoms with E-state index in [9.17, 15) is 4.79 Å². The second-order valence-corrected chi connectivity index (χ2v) is 4.59. The van der Waals surface area contributed by atoms with Crippen molar-refractivity contribution >= 4 is 11.7 Å². The molecule has 1 aromatic carbocycles. The number of likely N-dealkylation sites (N-methyl/N-ethyl adjacent to an activating group) is 1.